The number of hydrogen-bond acceptors (Lipinski definition) is 5. The zero-order chi connectivity index (χ0) is 17.1. The van der Waals surface area contributed by atoms with Crippen LogP contribution >= 0.6 is 0 Å². The molecule has 2 aromatic carbocycles. The molecule has 0 amide bonds. The Morgan fingerprint density at radius 3 is 2.62 bits per heavy atom. The van der Waals surface area contributed by atoms with Crippen molar-refractivity contribution in [3.8, 4) is 0 Å². The van der Waals surface area contributed by atoms with Crippen molar-refractivity contribution in [1.29, 1.82) is 0 Å². The molecule has 0 aliphatic rings. The molecule has 0 atom stereocenters. The Morgan fingerprint density at radius 1 is 1.17 bits per heavy atom. The average Bonchev–Trinajstić information content (AvgIpc) is 2.59. The smallest absolute Gasteiger partial charge is 0.336 e. The van der Waals surface area contributed by atoms with Crippen LogP contribution in [-0.4, -0.2) is 13.0 Å². The fourth-order valence-electron chi connectivity index (χ4n) is 2.81. The summed E-state index contributed by atoms with van der Waals surface area (Å²) in [5.74, 6) is -0.270. The van der Waals surface area contributed by atoms with E-state index in [0.717, 1.165) is 28.3 Å². The van der Waals surface area contributed by atoms with Crippen molar-refractivity contribution in [2.75, 3.05) is 12.4 Å². The predicted octanol–water partition coefficient (Wildman–Crippen LogP) is 3.83. The first kappa shape index (κ1) is 16.1. The number of hydrogen-bond donors (Lipinski definition) is 1. The lowest BCUT2D eigenvalue weighted by Gasteiger charge is -2.12. The minimum Gasteiger partial charge on any atom is -0.461 e. The summed E-state index contributed by atoms with van der Waals surface area (Å²) in [6.45, 7) is 1.97. The number of ether oxygens (including phenoxy) is 1. The molecule has 1 aromatic heterocycles. The van der Waals surface area contributed by atoms with Crippen molar-refractivity contribution in [3.63, 3.8) is 0 Å². The lowest BCUT2D eigenvalue weighted by Crippen LogP contribution is -2.07. The van der Waals surface area contributed by atoms with Crippen LogP contribution in [-0.2, 0) is 16.1 Å². The second kappa shape index (κ2) is 6.74. The summed E-state index contributed by atoms with van der Waals surface area (Å²) in [6.07, 6.45) is 1.09. The van der Waals surface area contributed by atoms with Crippen LogP contribution in [0.15, 0.2) is 45.6 Å². The van der Waals surface area contributed by atoms with Gasteiger partial charge in [-0.25, -0.2) is 4.79 Å². The van der Waals surface area contributed by atoms with Gasteiger partial charge in [0.1, 0.15) is 12.2 Å². The van der Waals surface area contributed by atoms with Crippen molar-refractivity contribution in [3.05, 3.63) is 52.4 Å². The molecule has 0 spiro atoms. The van der Waals surface area contributed by atoms with Gasteiger partial charge in [-0.1, -0.05) is 31.2 Å². The van der Waals surface area contributed by atoms with E-state index < -0.39 is 5.63 Å². The Hall–Kier alpha value is -2.82. The summed E-state index contributed by atoms with van der Waals surface area (Å²) in [6, 6.07) is 11.0. The Bertz CT molecular complexity index is 959. The van der Waals surface area contributed by atoms with Crippen LogP contribution in [0, 0.1) is 0 Å². The third-order valence-electron chi connectivity index (χ3n) is 3.95. The first-order valence-corrected chi connectivity index (χ1v) is 7.96. The topological polar surface area (TPSA) is 68.5 Å². The van der Waals surface area contributed by atoms with Gasteiger partial charge in [0.05, 0.1) is 0 Å². The lowest BCUT2D eigenvalue weighted by molar-refractivity contribution is -0.144. The molecule has 1 N–H and O–H groups in total. The van der Waals surface area contributed by atoms with E-state index in [1.54, 1.807) is 0 Å². The molecule has 0 saturated heterocycles. The second-order valence-electron chi connectivity index (χ2n) is 5.60. The van der Waals surface area contributed by atoms with Gasteiger partial charge in [0.15, 0.2) is 0 Å². The molecule has 1 heterocycles. The van der Waals surface area contributed by atoms with Crippen molar-refractivity contribution >= 4 is 33.4 Å². The van der Waals surface area contributed by atoms with Crippen LogP contribution in [0.4, 0.5) is 5.69 Å². The van der Waals surface area contributed by atoms with Gasteiger partial charge in [-0.05, 0) is 12.5 Å². The predicted molar refractivity (Wildman–Crippen MR) is 94.2 cm³/mol. The monoisotopic (exact) mass is 325 g/mol. The average molecular weight is 325 g/mol. The minimum atomic E-state index is -0.452. The molecule has 0 radical (unpaired) electrons. The number of carbonyl (C=O) groups excluding carboxylic acids is 1. The largest absolute Gasteiger partial charge is 0.461 e. The van der Waals surface area contributed by atoms with Crippen molar-refractivity contribution in [1.82, 2.24) is 0 Å². The van der Waals surface area contributed by atoms with Crippen LogP contribution in [0.5, 0.6) is 0 Å². The maximum absolute atomic E-state index is 12.0. The molecular weight excluding hydrogens is 306 g/mol. The highest BCUT2D eigenvalue weighted by Gasteiger charge is 2.13. The fraction of sp³-hybridized carbons (Fsp3) is 0.263. The molecule has 124 valence electrons. The number of nitrogens with one attached hydrogen (secondary N) is 1. The number of esters is 1. The Kier molecular flexibility index (Phi) is 4.51. The third kappa shape index (κ3) is 2.97. The van der Waals surface area contributed by atoms with E-state index in [4.69, 9.17) is 9.15 Å². The summed E-state index contributed by atoms with van der Waals surface area (Å²) in [4.78, 5) is 23.6. The summed E-state index contributed by atoms with van der Waals surface area (Å²) >= 11 is 0. The molecule has 3 aromatic rings. The van der Waals surface area contributed by atoms with Crippen molar-refractivity contribution in [2.24, 2.45) is 0 Å². The van der Waals surface area contributed by atoms with E-state index in [9.17, 15) is 9.59 Å². The second-order valence-corrected chi connectivity index (χ2v) is 5.60. The molecule has 0 saturated carbocycles. The van der Waals surface area contributed by atoms with Gasteiger partial charge in [0.2, 0.25) is 0 Å². The quantitative estimate of drug-likeness (QED) is 0.438. The van der Waals surface area contributed by atoms with Gasteiger partial charge in [0.25, 0.3) is 0 Å². The standard InChI is InChI=1S/C19H19NO4/c1-3-6-17(21)23-11-12-9-18(22)24-19-14-8-5-4-7-13(14)16(20-2)10-15(12)19/h4-5,7-10,20H,3,6,11H2,1-2H3. The maximum atomic E-state index is 12.0. The van der Waals surface area contributed by atoms with Gasteiger partial charge < -0.3 is 14.5 Å². The molecule has 5 nitrogen and oxygen atoms in total. The van der Waals surface area contributed by atoms with Crippen LogP contribution < -0.4 is 10.9 Å². The van der Waals surface area contributed by atoms with Crippen LogP contribution in [0.2, 0.25) is 0 Å². The van der Waals surface area contributed by atoms with Gasteiger partial charge in [-0.3, -0.25) is 4.79 Å². The van der Waals surface area contributed by atoms with E-state index in [1.165, 1.54) is 6.07 Å². The van der Waals surface area contributed by atoms with E-state index in [-0.39, 0.29) is 12.6 Å². The third-order valence-corrected chi connectivity index (χ3v) is 3.95. The number of carbonyl (C=O) groups is 1. The van der Waals surface area contributed by atoms with Crippen molar-refractivity contribution in [2.45, 2.75) is 26.4 Å². The zero-order valence-electron chi connectivity index (χ0n) is 13.7. The highest BCUT2D eigenvalue weighted by Crippen LogP contribution is 2.32. The van der Waals surface area contributed by atoms with Crippen LogP contribution in [0.1, 0.15) is 25.3 Å². The summed E-state index contributed by atoms with van der Waals surface area (Å²) in [5, 5.41) is 5.74. The highest BCUT2D eigenvalue weighted by molar-refractivity contribution is 6.11. The van der Waals surface area contributed by atoms with Gasteiger partial charge in [0, 0.05) is 46.9 Å². The zero-order valence-corrected chi connectivity index (χ0v) is 13.7. The van der Waals surface area contributed by atoms with Gasteiger partial charge in [-0.15, -0.1) is 0 Å². The molecular formula is C19H19NO4. The minimum absolute atomic E-state index is 0.0580. The summed E-state index contributed by atoms with van der Waals surface area (Å²) in [7, 11) is 1.84. The van der Waals surface area contributed by atoms with Crippen LogP contribution in [0.3, 0.4) is 0 Å². The molecule has 0 aliphatic heterocycles. The highest BCUT2D eigenvalue weighted by atomic mass is 16.5. The van der Waals surface area contributed by atoms with Gasteiger partial charge in [-0.2, -0.15) is 0 Å². The molecule has 0 unspecified atom stereocenters. The fourth-order valence-corrected chi connectivity index (χ4v) is 2.81. The molecule has 0 fully saturated rings. The van der Waals surface area contributed by atoms with Gasteiger partial charge >= 0.3 is 11.6 Å². The van der Waals surface area contributed by atoms with E-state index >= 15 is 0 Å². The Balaban J connectivity index is 2.18. The Morgan fingerprint density at radius 2 is 1.92 bits per heavy atom. The lowest BCUT2D eigenvalue weighted by atomic mass is 10.0. The van der Waals surface area contributed by atoms with E-state index in [2.05, 4.69) is 5.32 Å². The van der Waals surface area contributed by atoms with Crippen LogP contribution in [0.25, 0.3) is 21.7 Å². The number of anilines is 1. The molecule has 0 bridgehead atoms. The summed E-state index contributed by atoms with van der Waals surface area (Å²) in [5.41, 5.74) is 1.63. The molecule has 5 heteroatoms. The SMILES string of the molecule is CCCC(=O)OCc1cc(=O)oc2c1cc(NC)c1ccccc12. The van der Waals surface area contributed by atoms with Crippen molar-refractivity contribution < 1.29 is 13.9 Å². The first-order valence-electron chi connectivity index (χ1n) is 7.96. The van der Waals surface area contributed by atoms with E-state index in [1.807, 2.05) is 44.3 Å². The van der Waals surface area contributed by atoms with E-state index in [0.29, 0.717) is 17.6 Å². The molecule has 24 heavy (non-hydrogen) atoms. The number of fused-ring (bicyclic) bond motifs is 3. The normalized spacial score (nSPS) is 10.9. The number of rotatable bonds is 5. The number of benzene rings is 2. The maximum Gasteiger partial charge on any atom is 0.336 e. The first-order chi connectivity index (χ1) is 11.6. The molecule has 3 rings (SSSR count). The Labute approximate surface area is 139 Å². The summed E-state index contributed by atoms with van der Waals surface area (Å²) < 4.78 is 10.7. The molecule has 0 aliphatic carbocycles.